The summed E-state index contributed by atoms with van der Waals surface area (Å²) in [6, 6.07) is 6.69. The highest BCUT2D eigenvalue weighted by Gasteiger charge is 2.10. The summed E-state index contributed by atoms with van der Waals surface area (Å²) in [5.74, 6) is 6.00. The van der Waals surface area contributed by atoms with Crippen molar-refractivity contribution in [3.8, 4) is 0 Å². The van der Waals surface area contributed by atoms with Gasteiger partial charge >= 0.3 is 0 Å². The van der Waals surface area contributed by atoms with Crippen molar-refractivity contribution in [2.24, 2.45) is 5.73 Å². The van der Waals surface area contributed by atoms with E-state index in [1.165, 1.54) is 0 Å². The highest BCUT2D eigenvalue weighted by Crippen LogP contribution is 2.09. The van der Waals surface area contributed by atoms with Gasteiger partial charge in [0, 0.05) is 0 Å². The summed E-state index contributed by atoms with van der Waals surface area (Å²) in [5, 5.41) is 0.504. The molecule has 0 spiro atoms. The molecule has 0 aliphatic heterocycles. The lowest BCUT2D eigenvalue weighted by Gasteiger charge is -2.10. The molecule has 5 nitrogen and oxygen atoms in total. The molecule has 5 heteroatoms. The monoisotopic (exact) mass is 204 g/mol. The summed E-state index contributed by atoms with van der Waals surface area (Å²) in [6.07, 6.45) is 0. The number of nitrogen functional groups attached to an aromatic ring is 1. The normalized spacial score (nSPS) is 12.9. The minimum absolute atomic E-state index is 0.270. The molecule has 0 radical (unpaired) electrons. The van der Waals surface area contributed by atoms with Crippen LogP contribution in [0.3, 0.4) is 0 Å². The molecule has 0 fully saturated rings. The zero-order chi connectivity index (χ0) is 11.0. The quantitative estimate of drug-likeness (QED) is 0.646. The Morgan fingerprint density at radius 1 is 1.40 bits per heavy atom. The highest BCUT2D eigenvalue weighted by molar-refractivity contribution is 5.77. The molecule has 0 saturated carbocycles. The Labute approximate surface area is 86.3 Å². The molecule has 78 valence electrons. The molecule has 2 rings (SSSR count). The molecule has 0 aliphatic rings. The third-order valence-corrected chi connectivity index (χ3v) is 2.24. The summed E-state index contributed by atoms with van der Waals surface area (Å²) in [6.45, 7) is 1.74. The lowest BCUT2D eigenvalue weighted by Crippen LogP contribution is -2.34. The van der Waals surface area contributed by atoms with Crippen molar-refractivity contribution in [2.45, 2.75) is 13.0 Å². The number of fused-ring (bicyclic) bond motifs is 1. The van der Waals surface area contributed by atoms with Crippen molar-refractivity contribution in [1.29, 1.82) is 0 Å². The van der Waals surface area contributed by atoms with Crippen LogP contribution in [0, 0.1) is 0 Å². The van der Waals surface area contributed by atoms with Crippen molar-refractivity contribution in [1.82, 2.24) is 9.66 Å². The van der Waals surface area contributed by atoms with Gasteiger partial charge in [-0.25, -0.2) is 9.66 Å². The summed E-state index contributed by atoms with van der Waals surface area (Å²) < 4.78 is 1.01. The van der Waals surface area contributed by atoms with Crippen molar-refractivity contribution in [3.05, 3.63) is 40.4 Å². The molecule has 0 unspecified atom stereocenters. The molecule has 1 atom stereocenters. The number of benzene rings is 1. The average molecular weight is 204 g/mol. The number of aromatic nitrogens is 2. The first-order chi connectivity index (χ1) is 7.11. The van der Waals surface area contributed by atoms with Gasteiger partial charge in [0.25, 0.3) is 5.56 Å². The third kappa shape index (κ3) is 1.46. The molecule has 0 saturated heterocycles. The van der Waals surface area contributed by atoms with Crippen molar-refractivity contribution in [3.63, 3.8) is 0 Å². The van der Waals surface area contributed by atoms with E-state index < -0.39 is 0 Å². The van der Waals surface area contributed by atoms with E-state index in [1.54, 1.807) is 25.1 Å². The Kier molecular flexibility index (Phi) is 2.17. The van der Waals surface area contributed by atoms with Crippen LogP contribution in [-0.2, 0) is 0 Å². The van der Waals surface area contributed by atoms with Gasteiger partial charge in [0.05, 0.1) is 16.9 Å². The van der Waals surface area contributed by atoms with Crippen LogP contribution < -0.4 is 17.1 Å². The molecule has 4 N–H and O–H groups in total. The van der Waals surface area contributed by atoms with Gasteiger partial charge in [-0.15, -0.1) is 0 Å². The fraction of sp³-hybridized carbons (Fsp3) is 0.200. The van der Waals surface area contributed by atoms with E-state index >= 15 is 0 Å². The summed E-state index contributed by atoms with van der Waals surface area (Å²) in [4.78, 5) is 16.0. The van der Waals surface area contributed by atoms with E-state index in [0.717, 1.165) is 4.68 Å². The Balaban J connectivity index is 2.89. The molecule has 0 amide bonds. The Morgan fingerprint density at radius 2 is 2.07 bits per heavy atom. The zero-order valence-electron chi connectivity index (χ0n) is 8.34. The molecule has 0 aliphatic carbocycles. The Morgan fingerprint density at radius 3 is 2.73 bits per heavy atom. The number of rotatable bonds is 1. The van der Waals surface area contributed by atoms with Crippen LogP contribution in [0.15, 0.2) is 29.1 Å². The predicted molar refractivity (Wildman–Crippen MR) is 58.8 cm³/mol. The standard InChI is InChI=1S/C10H12N4O/c1-6(11)9-13-8-5-3-2-4-7(8)10(15)14(9)12/h2-6H,11-12H2,1H3/t6-/m0/s1. The first-order valence-electron chi connectivity index (χ1n) is 4.63. The maximum atomic E-state index is 11.8. The van der Waals surface area contributed by atoms with Crippen LogP contribution in [0.1, 0.15) is 18.8 Å². The van der Waals surface area contributed by atoms with Crippen LogP contribution in [0.2, 0.25) is 0 Å². The second-order valence-electron chi connectivity index (χ2n) is 3.45. The van der Waals surface area contributed by atoms with Gasteiger partial charge in [0.1, 0.15) is 5.82 Å². The van der Waals surface area contributed by atoms with E-state index in [1.807, 2.05) is 6.07 Å². The predicted octanol–water partition coefficient (Wildman–Crippen LogP) is 0.130. The molecule has 15 heavy (non-hydrogen) atoms. The lowest BCUT2D eigenvalue weighted by molar-refractivity contribution is 0.680. The van der Waals surface area contributed by atoms with E-state index in [0.29, 0.717) is 16.7 Å². The molecule has 0 bridgehead atoms. The van der Waals surface area contributed by atoms with Gasteiger partial charge in [-0.2, -0.15) is 0 Å². The van der Waals surface area contributed by atoms with Gasteiger partial charge in [0.2, 0.25) is 0 Å². The number of hydrogen-bond donors (Lipinski definition) is 2. The molecule has 1 aromatic heterocycles. The van der Waals surface area contributed by atoms with Gasteiger partial charge in [-0.3, -0.25) is 4.79 Å². The smallest absolute Gasteiger partial charge is 0.279 e. The largest absolute Gasteiger partial charge is 0.335 e. The molecular weight excluding hydrogens is 192 g/mol. The van der Waals surface area contributed by atoms with Crippen LogP contribution in [0.4, 0.5) is 0 Å². The fourth-order valence-corrected chi connectivity index (χ4v) is 1.48. The second kappa shape index (κ2) is 3.36. The van der Waals surface area contributed by atoms with Crippen LogP contribution in [0.5, 0.6) is 0 Å². The first-order valence-corrected chi connectivity index (χ1v) is 4.63. The number of hydrogen-bond acceptors (Lipinski definition) is 4. The van der Waals surface area contributed by atoms with Gasteiger partial charge in [-0.05, 0) is 19.1 Å². The summed E-state index contributed by atoms with van der Waals surface area (Å²) in [5.41, 5.74) is 6.02. The van der Waals surface area contributed by atoms with Crippen molar-refractivity contribution in [2.75, 3.05) is 5.84 Å². The van der Waals surface area contributed by atoms with Gasteiger partial charge in [-0.1, -0.05) is 12.1 Å². The second-order valence-corrected chi connectivity index (χ2v) is 3.45. The van der Waals surface area contributed by atoms with Crippen molar-refractivity contribution >= 4 is 10.9 Å². The zero-order valence-corrected chi connectivity index (χ0v) is 8.34. The Bertz CT molecular complexity index is 559. The van der Waals surface area contributed by atoms with E-state index in [2.05, 4.69) is 4.98 Å². The van der Waals surface area contributed by atoms with Gasteiger partial charge in [0.15, 0.2) is 0 Å². The highest BCUT2D eigenvalue weighted by atomic mass is 16.1. The summed E-state index contributed by atoms with van der Waals surface area (Å²) >= 11 is 0. The topological polar surface area (TPSA) is 86.9 Å². The molecule has 1 aromatic carbocycles. The molecular formula is C10H12N4O. The summed E-state index contributed by atoms with van der Waals surface area (Å²) in [7, 11) is 0. The van der Waals surface area contributed by atoms with E-state index in [4.69, 9.17) is 11.6 Å². The van der Waals surface area contributed by atoms with Crippen LogP contribution in [0.25, 0.3) is 10.9 Å². The first kappa shape index (κ1) is 9.67. The molecule has 1 heterocycles. The average Bonchev–Trinajstić information content (AvgIpc) is 2.23. The SMILES string of the molecule is C[C@H](N)c1nc2ccccc2c(=O)n1N. The van der Waals surface area contributed by atoms with Crippen molar-refractivity contribution < 1.29 is 0 Å². The minimum Gasteiger partial charge on any atom is -0.335 e. The maximum Gasteiger partial charge on any atom is 0.279 e. The minimum atomic E-state index is -0.368. The van der Waals surface area contributed by atoms with E-state index in [-0.39, 0.29) is 11.6 Å². The van der Waals surface area contributed by atoms with Crippen LogP contribution >= 0.6 is 0 Å². The fourth-order valence-electron chi connectivity index (χ4n) is 1.48. The lowest BCUT2D eigenvalue weighted by atomic mass is 10.2. The third-order valence-electron chi connectivity index (χ3n) is 2.24. The number of para-hydroxylation sites is 1. The molecule has 2 aromatic rings. The maximum absolute atomic E-state index is 11.8. The van der Waals surface area contributed by atoms with Gasteiger partial charge < -0.3 is 11.6 Å². The number of nitrogens with zero attached hydrogens (tertiary/aromatic N) is 2. The number of nitrogens with two attached hydrogens (primary N) is 2. The van der Waals surface area contributed by atoms with E-state index in [9.17, 15) is 4.79 Å². The van der Waals surface area contributed by atoms with Crippen LogP contribution in [-0.4, -0.2) is 9.66 Å². The Hall–Kier alpha value is -1.88.